The van der Waals surface area contributed by atoms with E-state index in [9.17, 15) is 0 Å². The number of aliphatic hydroxyl groups excluding tert-OH is 1. The van der Waals surface area contributed by atoms with Crippen molar-refractivity contribution in [1.29, 1.82) is 0 Å². The Hall–Kier alpha value is -1.06. The van der Waals surface area contributed by atoms with Gasteiger partial charge in [-0.15, -0.1) is 0 Å². The first kappa shape index (κ1) is 10.0. The standard InChI is InChI=1S/C10H16N2O/c1-7-2-3-8(10(12)6-7)9(11)4-5-13/h2-3,6,9,13H,4-5,11-12H2,1H3. The summed E-state index contributed by atoms with van der Waals surface area (Å²) >= 11 is 0. The number of hydrogen-bond acceptors (Lipinski definition) is 3. The number of nitrogen functional groups attached to an aromatic ring is 1. The van der Waals surface area contributed by atoms with Crippen LogP contribution in [0.3, 0.4) is 0 Å². The second-order valence-electron chi connectivity index (χ2n) is 3.25. The maximum atomic E-state index is 8.72. The lowest BCUT2D eigenvalue weighted by molar-refractivity contribution is 0.276. The van der Waals surface area contributed by atoms with Crippen molar-refractivity contribution in [3.63, 3.8) is 0 Å². The van der Waals surface area contributed by atoms with Crippen molar-refractivity contribution in [2.45, 2.75) is 19.4 Å². The van der Waals surface area contributed by atoms with Crippen molar-refractivity contribution in [3.8, 4) is 0 Å². The van der Waals surface area contributed by atoms with Crippen molar-refractivity contribution < 1.29 is 5.11 Å². The molecule has 0 fully saturated rings. The Morgan fingerprint density at radius 3 is 2.69 bits per heavy atom. The molecule has 0 spiro atoms. The molecule has 0 saturated carbocycles. The van der Waals surface area contributed by atoms with Crippen LogP contribution in [0.1, 0.15) is 23.6 Å². The number of rotatable bonds is 3. The Morgan fingerprint density at radius 2 is 2.15 bits per heavy atom. The molecule has 0 aliphatic rings. The maximum absolute atomic E-state index is 8.72. The lowest BCUT2D eigenvalue weighted by atomic mass is 10.0. The summed E-state index contributed by atoms with van der Waals surface area (Å²) < 4.78 is 0. The van der Waals surface area contributed by atoms with Gasteiger partial charge >= 0.3 is 0 Å². The second-order valence-corrected chi connectivity index (χ2v) is 3.25. The van der Waals surface area contributed by atoms with Crippen LogP contribution in [0.2, 0.25) is 0 Å². The van der Waals surface area contributed by atoms with Gasteiger partial charge in [0.1, 0.15) is 0 Å². The van der Waals surface area contributed by atoms with Gasteiger partial charge in [-0.2, -0.15) is 0 Å². The van der Waals surface area contributed by atoms with Crippen LogP contribution in [0.15, 0.2) is 18.2 Å². The van der Waals surface area contributed by atoms with E-state index in [1.165, 1.54) is 0 Å². The molecule has 0 aliphatic carbocycles. The summed E-state index contributed by atoms with van der Waals surface area (Å²) in [5.41, 5.74) is 14.4. The summed E-state index contributed by atoms with van der Waals surface area (Å²) in [6.07, 6.45) is 0.549. The van der Waals surface area contributed by atoms with Crippen molar-refractivity contribution in [1.82, 2.24) is 0 Å². The number of aliphatic hydroxyl groups is 1. The quantitative estimate of drug-likeness (QED) is 0.607. The first-order chi connectivity index (χ1) is 6.15. The van der Waals surface area contributed by atoms with Gasteiger partial charge in [-0.1, -0.05) is 12.1 Å². The molecule has 0 saturated heterocycles. The molecule has 0 heterocycles. The van der Waals surface area contributed by atoms with Gasteiger partial charge in [-0.25, -0.2) is 0 Å². The Balaban J connectivity index is 2.88. The second kappa shape index (κ2) is 4.25. The van der Waals surface area contributed by atoms with Crippen LogP contribution in [0.5, 0.6) is 0 Å². The molecule has 5 N–H and O–H groups in total. The van der Waals surface area contributed by atoms with E-state index in [1.54, 1.807) is 0 Å². The Labute approximate surface area is 78.4 Å². The van der Waals surface area contributed by atoms with Crippen LogP contribution in [-0.4, -0.2) is 11.7 Å². The molecular weight excluding hydrogens is 164 g/mol. The van der Waals surface area contributed by atoms with E-state index < -0.39 is 0 Å². The third-order valence-electron chi connectivity index (χ3n) is 2.08. The zero-order chi connectivity index (χ0) is 9.84. The minimum Gasteiger partial charge on any atom is -0.398 e. The fourth-order valence-corrected chi connectivity index (χ4v) is 1.33. The molecule has 0 aromatic heterocycles. The third-order valence-corrected chi connectivity index (χ3v) is 2.08. The van der Waals surface area contributed by atoms with Gasteiger partial charge in [0.05, 0.1) is 0 Å². The summed E-state index contributed by atoms with van der Waals surface area (Å²) in [5.74, 6) is 0. The summed E-state index contributed by atoms with van der Waals surface area (Å²) in [5, 5.41) is 8.72. The number of nitrogens with two attached hydrogens (primary N) is 2. The summed E-state index contributed by atoms with van der Waals surface area (Å²) in [6.45, 7) is 2.08. The lowest BCUT2D eigenvalue weighted by Crippen LogP contribution is -2.13. The maximum Gasteiger partial charge on any atom is 0.0449 e. The van der Waals surface area contributed by atoms with Crippen LogP contribution in [-0.2, 0) is 0 Å². The molecule has 0 aliphatic heterocycles. The average molecular weight is 180 g/mol. The van der Waals surface area contributed by atoms with Crippen molar-refractivity contribution in [2.24, 2.45) is 5.73 Å². The van der Waals surface area contributed by atoms with Gasteiger partial charge in [0.2, 0.25) is 0 Å². The molecule has 0 bridgehead atoms. The van der Waals surface area contributed by atoms with Crippen LogP contribution in [0, 0.1) is 6.92 Å². The molecular formula is C10H16N2O. The SMILES string of the molecule is Cc1ccc(C(N)CCO)c(N)c1. The molecule has 1 unspecified atom stereocenters. The molecule has 0 radical (unpaired) electrons. The summed E-state index contributed by atoms with van der Waals surface area (Å²) in [6, 6.07) is 5.63. The zero-order valence-electron chi connectivity index (χ0n) is 7.83. The molecule has 0 amide bonds. The zero-order valence-corrected chi connectivity index (χ0v) is 7.83. The fourth-order valence-electron chi connectivity index (χ4n) is 1.33. The molecule has 1 rings (SSSR count). The minimum atomic E-state index is -0.161. The predicted octanol–water partition coefficient (Wildman–Crippen LogP) is 0.959. The largest absolute Gasteiger partial charge is 0.398 e. The van der Waals surface area contributed by atoms with Crippen LogP contribution in [0.4, 0.5) is 5.69 Å². The highest BCUT2D eigenvalue weighted by molar-refractivity contribution is 5.50. The molecule has 3 nitrogen and oxygen atoms in total. The Kier molecular flexibility index (Phi) is 3.28. The van der Waals surface area contributed by atoms with Crippen molar-refractivity contribution in [3.05, 3.63) is 29.3 Å². The summed E-state index contributed by atoms with van der Waals surface area (Å²) in [7, 11) is 0. The summed E-state index contributed by atoms with van der Waals surface area (Å²) in [4.78, 5) is 0. The fraction of sp³-hybridized carbons (Fsp3) is 0.400. The average Bonchev–Trinajstić information content (AvgIpc) is 2.04. The third kappa shape index (κ3) is 2.44. The lowest BCUT2D eigenvalue weighted by Gasteiger charge is -2.13. The van der Waals surface area contributed by atoms with E-state index in [-0.39, 0.29) is 12.6 Å². The van der Waals surface area contributed by atoms with Crippen LogP contribution >= 0.6 is 0 Å². The van der Waals surface area contributed by atoms with Crippen LogP contribution < -0.4 is 11.5 Å². The highest BCUT2D eigenvalue weighted by atomic mass is 16.3. The smallest absolute Gasteiger partial charge is 0.0449 e. The molecule has 1 aromatic rings. The van der Waals surface area contributed by atoms with Gasteiger partial charge < -0.3 is 16.6 Å². The van der Waals surface area contributed by atoms with E-state index in [2.05, 4.69) is 0 Å². The number of benzene rings is 1. The van der Waals surface area contributed by atoms with Crippen molar-refractivity contribution in [2.75, 3.05) is 12.3 Å². The van der Waals surface area contributed by atoms with Gasteiger partial charge in [0.25, 0.3) is 0 Å². The minimum absolute atomic E-state index is 0.0917. The monoisotopic (exact) mass is 180 g/mol. The molecule has 1 aromatic carbocycles. The molecule has 72 valence electrons. The first-order valence-corrected chi connectivity index (χ1v) is 4.37. The van der Waals surface area contributed by atoms with E-state index >= 15 is 0 Å². The molecule has 13 heavy (non-hydrogen) atoms. The van der Waals surface area contributed by atoms with Gasteiger partial charge in [-0.05, 0) is 30.5 Å². The van der Waals surface area contributed by atoms with Crippen molar-refractivity contribution >= 4 is 5.69 Å². The molecule has 1 atom stereocenters. The van der Waals surface area contributed by atoms with Gasteiger partial charge in [-0.3, -0.25) is 0 Å². The van der Waals surface area contributed by atoms with E-state index in [4.69, 9.17) is 16.6 Å². The highest BCUT2D eigenvalue weighted by Gasteiger charge is 2.08. The highest BCUT2D eigenvalue weighted by Crippen LogP contribution is 2.21. The van der Waals surface area contributed by atoms with E-state index in [0.29, 0.717) is 12.1 Å². The first-order valence-electron chi connectivity index (χ1n) is 4.37. The number of hydrogen-bond donors (Lipinski definition) is 3. The number of anilines is 1. The Morgan fingerprint density at radius 1 is 1.46 bits per heavy atom. The van der Waals surface area contributed by atoms with Crippen LogP contribution in [0.25, 0.3) is 0 Å². The number of aryl methyl sites for hydroxylation is 1. The molecule has 3 heteroatoms. The van der Waals surface area contributed by atoms with E-state index in [1.807, 2.05) is 25.1 Å². The predicted molar refractivity (Wildman–Crippen MR) is 54.2 cm³/mol. The van der Waals surface area contributed by atoms with E-state index in [0.717, 1.165) is 11.1 Å². The topological polar surface area (TPSA) is 72.3 Å². The Bertz CT molecular complexity index is 286. The van der Waals surface area contributed by atoms with Gasteiger partial charge in [0.15, 0.2) is 0 Å². The normalized spacial score (nSPS) is 12.8. The van der Waals surface area contributed by atoms with Gasteiger partial charge in [0, 0.05) is 18.3 Å².